The van der Waals surface area contributed by atoms with Gasteiger partial charge in [0.2, 0.25) is 0 Å². The first-order valence-electron chi connectivity index (χ1n) is 9.06. The monoisotopic (exact) mass is 359 g/mol. The molecule has 1 aromatic rings. The molecule has 140 valence electrons. The molecule has 2 saturated heterocycles. The molecule has 0 unspecified atom stereocenters. The van der Waals surface area contributed by atoms with E-state index in [2.05, 4.69) is 5.32 Å². The summed E-state index contributed by atoms with van der Waals surface area (Å²) in [5.41, 5.74) is -0.303. The summed E-state index contributed by atoms with van der Waals surface area (Å²) in [5.74, 6) is 0.402. The third-order valence-electron chi connectivity index (χ3n) is 5.01. The number of nitrogens with zero attached hydrogens (tertiary/aromatic N) is 2. The maximum Gasteiger partial charge on any atom is 0.325 e. The third kappa shape index (κ3) is 3.13. The highest BCUT2D eigenvalue weighted by Gasteiger charge is 2.53. The molecule has 7 heteroatoms. The third-order valence-corrected chi connectivity index (χ3v) is 5.01. The summed E-state index contributed by atoms with van der Waals surface area (Å²) >= 11 is 0. The average Bonchev–Trinajstić information content (AvgIpc) is 2.85. The Morgan fingerprint density at radius 2 is 1.96 bits per heavy atom. The smallest absolute Gasteiger partial charge is 0.325 e. The van der Waals surface area contributed by atoms with Crippen LogP contribution >= 0.6 is 0 Å². The van der Waals surface area contributed by atoms with E-state index in [0.29, 0.717) is 43.9 Å². The fourth-order valence-electron chi connectivity index (χ4n) is 3.61. The van der Waals surface area contributed by atoms with Crippen LogP contribution in [0.2, 0.25) is 0 Å². The number of amides is 4. The Morgan fingerprint density at radius 1 is 1.27 bits per heavy atom. The molecule has 4 amide bonds. The van der Waals surface area contributed by atoms with E-state index in [1.165, 1.54) is 4.90 Å². The largest absolute Gasteiger partial charge is 0.494 e. The van der Waals surface area contributed by atoms with E-state index < -0.39 is 5.54 Å². The predicted molar refractivity (Wildman–Crippen MR) is 96.0 cm³/mol. The Hall–Kier alpha value is -2.57. The zero-order valence-electron chi connectivity index (χ0n) is 15.4. The second-order valence-electron chi connectivity index (χ2n) is 7.03. The molecule has 2 fully saturated rings. The normalized spacial score (nSPS) is 19.2. The fourth-order valence-corrected chi connectivity index (χ4v) is 3.61. The molecule has 0 atom stereocenters. The van der Waals surface area contributed by atoms with Crippen LogP contribution in [0, 0.1) is 0 Å². The van der Waals surface area contributed by atoms with Crippen molar-refractivity contribution in [3.05, 3.63) is 29.8 Å². The Balaban J connectivity index is 1.69. The van der Waals surface area contributed by atoms with Crippen LogP contribution < -0.4 is 10.1 Å². The number of benzene rings is 1. The van der Waals surface area contributed by atoms with Gasteiger partial charge < -0.3 is 15.0 Å². The van der Waals surface area contributed by atoms with Crippen molar-refractivity contribution in [2.45, 2.75) is 45.2 Å². The van der Waals surface area contributed by atoms with Crippen LogP contribution in [0.25, 0.3) is 0 Å². The summed E-state index contributed by atoms with van der Waals surface area (Å²) in [6, 6.07) is 6.60. The van der Waals surface area contributed by atoms with Gasteiger partial charge in [-0.2, -0.15) is 0 Å². The summed E-state index contributed by atoms with van der Waals surface area (Å²) in [6.45, 7) is 6.93. The minimum Gasteiger partial charge on any atom is -0.494 e. The lowest BCUT2D eigenvalue weighted by atomic mass is 9.87. The van der Waals surface area contributed by atoms with Crippen molar-refractivity contribution in [3.8, 4) is 5.75 Å². The number of rotatable bonds is 4. The fraction of sp³-hybridized carbons (Fsp3) is 0.526. The van der Waals surface area contributed by atoms with E-state index in [-0.39, 0.29) is 23.9 Å². The first kappa shape index (κ1) is 18.2. The molecule has 1 aromatic carbocycles. The number of ether oxygens (including phenoxy) is 1. The standard InChI is InChI=1S/C19H25N3O4/c1-4-26-15-7-5-6-14(12-15)16(23)21-10-8-19(9-11-21)17(24)22(13(2)3)18(25)20-19/h5-7,12-13H,4,8-11H2,1-3H3,(H,20,25). The van der Waals surface area contributed by atoms with Crippen LogP contribution in [0.1, 0.15) is 44.0 Å². The van der Waals surface area contributed by atoms with Crippen LogP contribution in [0.3, 0.4) is 0 Å². The first-order chi connectivity index (χ1) is 12.4. The van der Waals surface area contributed by atoms with Gasteiger partial charge in [0.05, 0.1) is 6.61 Å². The Morgan fingerprint density at radius 3 is 2.54 bits per heavy atom. The average molecular weight is 359 g/mol. The second kappa shape index (κ2) is 6.97. The molecule has 3 rings (SSSR count). The van der Waals surface area contributed by atoms with Gasteiger partial charge in [-0.15, -0.1) is 0 Å². The number of carbonyl (C=O) groups is 3. The van der Waals surface area contributed by atoms with E-state index in [9.17, 15) is 14.4 Å². The lowest BCUT2D eigenvalue weighted by Gasteiger charge is -2.37. The number of imide groups is 1. The predicted octanol–water partition coefficient (Wildman–Crippen LogP) is 2.02. The topological polar surface area (TPSA) is 79.0 Å². The maximum absolute atomic E-state index is 12.8. The van der Waals surface area contributed by atoms with E-state index >= 15 is 0 Å². The number of piperidine rings is 1. The van der Waals surface area contributed by atoms with Crippen LogP contribution in [0.15, 0.2) is 24.3 Å². The molecule has 0 aromatic heterocycles. The zero-order chi connectivity index (χ0) is 18.9. The molecule has 0 radical (unpaired) electrons. The molecule has 1 spiro atoms. The zero-order valence-corrected chi connectivity index (χ0v) is 15.4. The summed E-state index contributed by atoms with van der Waals surface area (Å²) in [4.78, 5) is 40.6. The van der Waals surface area contributed by atoms with E-state index in [0.717, 1.165) is 0 Å². The Kier molecular flexibility index (Phi) is 4.89. The minimum absolute atomic E-state index is 0.0844. The van der Waals surface area contributed by atoms with Crippen molar-refractivity contribution in [1.29, 1.82) is 0 Å². The number of nitrogens with one attached hydrogen (secondary N) is 1. The second-order valence-corrected chi connectivity index (χ2v) is 7.03. The van der Waals surface area contributed by atoms with Gasteiger partial charge >= 0.3 is 6.03 Å². The number of likely N-dealkylation sites (tertiary alicyclic amines) is 1. The lowest BCUT2D eigenvalue weighted by Crippen LogP contribution is -2.56. The van der Waals surface area contributed by atoms with Gasteiger partial charge in [-0.1, -0.05) is 6.07 Å². The molecule has 2 aliphatic heterocycles. The van der Waals surface area contributed by atoms with Gasteiger partial charge in [0.1, 0.15) is 11.3 Å². The van der Waals surface area contributed by atoms with Crippen molar-refractivity contribution >= 4 is 17.8 Å². The van der Waals surface area contributed by atoms with E-state index in [4.69, 9.17) is 4.74 Å². The van der Waals surface area contributed by atoms with Crippen molar-refractivity contribution in [2.75, 3.05) is 19.7 Å². The highest BCUT2D eigenvalue weighted by molar-refractivity contribution is 6.07. The van der Waals surface area contributed by atoms with Gasteiger partial charge in [0.15, 0.2) is 0 Å². The molecule has 0 saturated carbocycles. The summed E-state index contributed by atoms with van der Waals surface area (Å²) in [6.07, 6.45) is 0.857. The van der Waals surface area contributed by atoms with E-state index in [1.54, 1.807) is 23.1 Å². The lowest BCUT2D eigenvalue weighted by molar-refractivity contribution is -0.133. The summed E-state index contributed by atoms with van der Waals surface area (Å²) in [7, 11) is 0. The molecular weight excluding hydrogens is 334 g/mol. The molecule has 0 aliphatic carbocycles. The number of urea groups is 1. The summed E-state index contributed by atoms with van der Waals surface area (Å²) in [5, 5.41) is 2.86. The molecule has 0 bridgehead atoms. The number of hydrogen-bond acceptors (Lipinski definition) is 4. The number of hydrogen-bond donors (Lipinski definition) is 1. The van der Waals surface area contributed by atoms with Crippen molar-refractivity contribution < 1.29 is 19.1 Å². The molecule has 7 nitrogen and oxygen atoms in total. The Labute approximate surface area is 153 Å². The van der Waals surface area contributed by atoms with Gasteiger partial charge in [-0.05, 0) is 51.8 Å². The molecule has 1 N–H and O–H groups in total. The molecule has 26 heavy (non-hydrogen) atoms. The van der Waals surface area contributed by atoms with Crippen molar-refractivity contribution in [3.63, 3.8) is 0 Å². The van der Waals surface area contributed by atoms with Crippen molar-refractivity contribution in [2.24, 2.45) is 0 Å². The Bertz CT molecular complexity index is 723. The van der Waals surface area contributed by atoms with Crippen LogP contribution in [0.4, 0.5) is 4.79 Å². The van der Waals surface area contributed by atoms with Gasteiger partial charge in [0, 0.05) is 24.7 Å². The van der Waals surface area contributed by atoms with Crippen LogP contribution in [0.5, 0.6) is 5.75 Å². The van der Waals surface area contributed by atoms with E-state index in [1.807, 2.05) is 26.8 Å². The van der Waals surface area contributed by atoms with Gasteiger partial charge in [-0.3, -0.25) is 14.5 Å². The maximum atomic E-state index is 12.8. The highest BCUT2D eigenvalue weighted by atomic mass is 16.5. The number of carbonyl (C=O) groups excluding carboxylic acids is 3. The van der Waals surface area contributed by atoms with Crippen molar-refractivity contribution in [1.82, 2.24) is 15.1 Å². The van der Waals surface area contributed by atoms with Gasteiger partial charge in [-0.25, -0.2) is 4.79 Å². The van der Waals surface area contributed by atoms with Gasteiger partial charge in [0.25, 0.3) is 11.8 Å². The first-order valence-corrected chi connectivity index (χ1v) is 9.06. The summed E-state index contributed by atoms with van der Waals surface area (Å²) < 4.78 is 5.45. The minimum atomic E-state index is -0.870. The molecule has 2 aliphatic rings. The molecular formula is C19H25N3O4. The van der Waals surface area contributed by atoms with Crippen LogP contribution in [-0.2, 0) is 4.79 Å². The quantitative estimate of drug-likeness (QED) is 0.834. The van der Waals surface area contributed by atoms with Crippen LogP contribution in [-0.4, -0.2) is 58.9 Å². The molecule has 2 heterocycles. The SMILES string of the molecule is CCOc1cccc(C(=O)N2CCC3(CC2)NC(=O)N(C(C)C)C3=O)c1. The highest BCUT2D eigenvalue weighted by Crippen LogP contribution is 2.31.